The maximum atomic E-state index is 12.7. The summed E-state index contributed by atoms with van der Waals surface area (Å²) >= 11 is 0. The first kappa shape index (κ1) is 18.2. The molecule has 10 heteroatoms. The number of aromatic nitrogens is 3. The largest absolute Gasteiger partial charge is 0.462 e. The molecule has 1 fully saturated rings. The van der Waals surface area contributed by atoms with E-state index in [0.717, 1.165) is 12.3 Å². The third-order valence-electron chi connectivity index (χ3n) is 3.83. The first-order valence-corrected chi connectivity index (χ1v) is 8.03. The van der Waals surface area contributed by atoms with Crippen LogP contribution in [0.4, 0.5) is 19.0 Å². The summed E-state index contributed by atoms with van der Waals surface area (Å²) in [5.41, 5.74) is -0.435. The van der Waals surface area contributed by atoms with Crippen molar-refractivity contribution in [2.75, 3.05) is 37.8 Å². The summed E-state index contributed by atoms with van der Waals surface area (Å²) in [7, 11) is 0. The van der Waals surface area contributed by atoms with Crippen molar-refractivity contribution in [1.29, 1.82) is 0 Å². The molecule has 7 nitrogen and oxygen atoms in total. The fourth-order valence-corrected chi connectivity index (χ4v) is 2.64. The van der Waals surface area contributed by atoms with Crippen LogP contribution in [0.5, 0.6) is 0 Å². The van der Waals surface area contributed by atoms with Crippen LogP contribution in [0.25, 0.3) is 5.69 Å². The molecule has 1 saturated heterocycles. The Morgan fingerprint density at radius 3 is 2.58 bits per heavy atom. The lowest BCUT2D eigenvalue weighted by molar-refractivity contribution is -0.141. The van der Waals surface area contributed by atoms with Crippen molar-refractivity contribution < 1.29 is 27.4 Å². The first-order chi connectivity index (χ1) is 12.4. The Balaban J connectivity index is 2.02. The number of anilines is 1. The summed E-state index contributed by atoms with van der Waals surface area (Å²) < 4.78 is 49.9. The van der Waals surface area contributed by atoms with Crippen LogP contribution in [0.3, 0.4) is 0 Å². The molecule has 3 heterocycles. The maximum Gasteiger partial charge on any atom is 0.433 e. The Morgan fingerprint density at radius 1 is 1.27 bits per heavy atom. The molecular weight excluding hydrogens is 353 g/mol. The number of halogens is 3. The van der Waals surface area contributed by atoms with Gasteiger partial charge >= 0.3 is 12.1 Å². The van der Waals surface area contributed by atoms with Gasteiger partial charge in [0.2, 0.25) is 0 Å². The predicted octanol–water partition coefficient (Wildman–Crippen LogP) is 2.30. The van der Waals surface area contributed by atoms with Crippen molar-refractivity contribution >= 4 is 11.8 Å². The molecule has 140 valence electrons. The molecule has 26 heavy (non-hydrogen) atoms. The van der Waals surface area contributed by atoms with Crippen molar-refractivity contribution in [3.8, 4) is 5.69 Å². The second kappa shape index (κ2) is 7.32. The number of pyridine rings is 1. The van der Waals surface area contributed by atoms with Gasteiger partial charge in [-0.1, -0.05) is 0 Å². The van der Waals surface area contributed by atoms with Crippen molar-refractivity contribution in [2.24, 2.45) is 0 Å². The second-order valence-corrected chi connectivity index (χ2v) is 5.51. The minimum absolute atomic E-state index is 0.203. The molecule has 3 rings (SSSR count). The SMILES string of the molecule is CCOC(=O)c1cnn(-c2ccc(C(F)(F)F)nc2)c1N1CCOCC1. The second-order valence-electron chi connectivity index (χ2n) is 5.51. The number of carbonyl (C=O) groups is 1. The summed E-state index contributed by atoms with van der Waals surface area (Å²) in [6.45, 7) is 3.88. The smallest absolute Gasteiger partial charge is 0.433 e. The molecule has 0 atom stereocenters. The van der Waals surface area contributed by atoms with Crippen LogP contribution in [0.15, 0.2) is 24.5 Å². The highest BCUT2D eigenvalue weighted by atomic mass is 19.4. The number of morpholine rings is 1. The van der Waals surface area contributed by atoms with Crippen LogP contribution in [0, 0.1) is 0 Å². The fraction of sp³-hybridized carbons (Fsp3) is 0.438. The van der Waals surface area contributed by atoms with Crippen molar-refractivity contribution in [2.45, 2.75) is 13.1 Å². The number of hydrogen-bond donors (Lipinski definition) is 0. The maximum absolute atomic E-state index is 12.7. The highest BCUT2D eigenvalue weighted by Gasteiger charge is 2.32. The van der Waals surface area contributed by atoms with Crippen molar-refractivity contribution in [3.05, 3.63) is 35.8 Å². The number of esters is 1. The van der Waals surface area contributed by atoms with Crippen LogP contribution in [0.2, 0.25) is 0 Å². The van der Waals surface area contributed by atoms with Crippen LogP contribution < -0.4 is 4.90 Å². The van der Waals surface area contributed by atoms with Crippen LogP contribution >= 0.6 is 0 Å². The van der Waals surface area contributed by atoms with Gasteiger partial charge in [0.15, 0.2) is 0 Å². The Bertz CT molecular complexity index is 768. The van der Waals surface area contributed by atoms with Gasteiger partial charge < -0.3 is 14.4 Å². The zero-order valence-corrected chi connectivity index (χ0v) is 14.0. The third-order valence-corrected chi connectivity index (χ3v) is 3.83. The van der Waals surface area contributed by atoms with Crippen LogP contribution in [-0.2, 0) is 15.7 Å². The third kappa shape index (κ3) is 3.64. The Morgan fingerprint density at radius 2 is 2.00 bits per heavy atom. The van der Waals surface area contributed by atoms with E-state index in [-0.39, 0.29) is 12.2 Å². The molecule has 1 aliphatic rings. The van der Waals surface area contributed by atoms with Crippen LogP contribution in [-0.4, -0.2) is 53.6 Å². The van der Waals surface area contributed by atoms with E-state index in [2.05, 4.69) is 10.1 Å². The molecule has 0 aromatic carbocycles. The summed E-state index contributed by atoms with van der Waals surface area (Å²) in [6.07, 6.45) is -2.10. The van der Waals surface area contributed by atoms with E-state index >= 15 is 0 Å². The van der Waals surface area contributed by atoms with E-state index < -0.39 is 17.8 Å². The summed E-state index contributed by atoms with van der Waals surface area (Å²) in [5.74, 6) is -0.0894. The lowest BCUT2D eigenvalue weighted by atomic mass is 10.2. The molecule has 2 aromatic rings. The molecule has 1 aliphatic heterocycles. The van der Waals surface area contributed by atoms with Crippen molar-refractivity contribution in [3.63, 3.8) is 0 Å². The van der Waals surface area contributed by atoms with E-state index in [1.165, 1.54) is 16.9 Å². The highest BCUT2D eigenvalue weighted by Crippen LogP contribution is 2.29. The summed E-state index contributed by atoms with van der Waals surface area (Å²) in [5, 5.41) is 4.17. The molecule has 0 amide bonds. The molecule has 2 aromatic heterocycles. The number of rotatable bonds is 4. The number of hydrogen-bond acceptors (Lipinski definition) is 6. The van der Waals surface area contributed by atoms with Crippen molar-refractivity contribution in [1.82, 2.24) is 14.8 Å². The van der Waals surface area contributed by atoms with E-state index in [0.29, 0.717) is 37.8 Å². The Kier molecular flexibility index (Phi) is 5.12. The topological polar surface area (TPSA) is 69.5 Å². The average molecular weight is 370 g/mol. The zero-order chi connectivity index (χ0) is 18.7. The number of alkyl halides is 3. The minimum atomic E-state index is -4.52. The quantitative estimate of drug-likeness (QED) is 0.770. The Hall–Kier alpha value is -2.62. The van der Waals surface area contributed by atoms with E-state index in [1.54, 1.807) is 6.92 Å². The minimum Gasteiger partial charge on any atom is -0.462 e. The highest BCUT2D eigenvalue weighted by molar-refractivity contribution is 5.95. The molecule has 0 unspecified atom stereocenters. The molecule has 0 spiro atoms. The van der Waals surface area contributed by atoms with Crippen LogP contribution in [0.1, 0.15) is 23.0 Å². The monoisotopic (exact) mass is 370 g/mol. The van der Waals surface area contributed by atoms with Gasteiger partial charge in [-0.15, -0.1) is 0 Å². The normalized spacial score (nSPS) is 15.2. The first-order valence-electron chi connectivity index (χ1n) is 8.03. The molecule has 0 N–H and O–H groups in total. The summed E-state index contributed by atoms with van der Waals surface area (Å²) in [4.78, 5) is 17.6. The van der Waals surface area contributed by atoms with Gasteiger partial charge in [0.25, 0.3) is 0 Å². The lowest BCUT2D eigenvalue weighted by Gasteiger charge is -2.29. The number of carbonyl (C=O) groups excluding carboxylic acids is 1. The van der Waals surface area contributed by atoms with Gasteiger partial charge in [0.1, 0.15) is 17.1 Å². The molecule has 0 radical (unpaired) electrons. The molecule has 0 bridgehead atoms. The zero-order valence-electron chi connectivity index (χ0n) is 14.0. The molecule has 0 saturated carbocycles. The van der Waals surface area contributed by atoms with Gasteiger partial charge in [-0.3, -0.25) is 0 Å². The number of ether oxygens (including phenoxy) is 2. The van der Waals surface area contributed by atoms with Gasteiger partial charge in [0.05, 0.1) is 37.9 Å². The Labute approximate surface area is 147 Å². The van der Waals surface area contributed by atoms with Gasteiger partial charge in [0, 0.05) is 13.1 Å². The van der Waals surface area contributed by atoms with E-state index in [1.807, 2.05) is 4.90 Å². The molecular formula is C16H17F3N4O3. The average Bonchev–Trinajstić information content (AvgIpc) is 3.07. The summed E-state index contributed by atoms with van der Waals surface area (Å²) in [6, 6.07) is 2.14. The van der Waals surface area contributed by atoms with Gasteiger partial charge in [-0.2, -0.15) is 18.3 Å². The van der Waals surface area contributed by atoms with E-state index in [9.17, 15) is 18.0 Å². The van der Waals surface area contributed by atoms with E-state index in [4.69, 9.17) is 9.47 Å². The van der Waals surface area contributed by atoms with Gasteiger partial charge in [-0.05, 0) is 19.1 Å². The predicted molar refractivity (Wildman–Crippen MR) is 85.3 cm³/mol. The molecule has 0 aliphatic carbocycles. The van der Waals surface area contributed by atoms with Gasteiger partial charge in [-0.25, -0.2) is 14.5 Å². The number of nitrogens with zero attached hydrogens (tertiary/aromatic N) is 4. The fourth-order valence-electron chi connectivity index (χ4n) is 2.64. The standard InChI is InChI=1S/C16H17F3N4O3/c1-2-26-15(24)12-10-21-23(14(12)22-5-7-25-8-6-22)11-3-4-13(20-9-11)16(17,18)19/h3-4,9-10H,2,5-8H2,1H3. The lowest BCUT2D eigenvalue weighted by Crippen LogP contribution is -2.38.